The van der Waals surface area contributed by atoms with Crippen LogP contribution in [-0.4, -0.2) is 5.92 Å². The SMILES string of the molecule is N#CC1(F)N=NN=N1. The molecule has 8 heavy (non-hydrogen) atoms. The summed E-state index contributed by atoms with van der Waals surface area (Å²) in [7, 11) is 0. The standard InChI is InChI=1S/C2FN5/c3-2(1-4)5-7-8-6-2. The van der Waals surface area contributed by atoms with Crippen LogP contribution in [-0.2, 0) is 0 Å². The monoisotopic (exact) mass is 113 g/mol. The van der Waals surface area contributed by atoms with Crippen molar-refractivity contribution in [2.24, 2.45) is 20.7 Å². The second-order valence-corrected chi connectivity index (χ2v) is 1.08. The average molecular weight is 113 g/mol. The van der Waals surface area contributed by atoms with E-state index in [1.54, 1.807) is 0 Å². The van der Waals surface area contributed by atoms with Gasteiger partial charge in [0.1, 0.15) is 0 Å². The van der Waals surface area contributed by atoms with Gasteiger partial charge in [-0.15, -0.1) is 0 Å². The van der Waals surface area contributed by atoms with Crippen LogP contribution in [0.15, 0.2) is 20.7 Å². The minimum Gasteiger partial charge on any atom is -0.190 e. The fourth-order valence-corrected chi connectivity index (χ4v) is 0.223. The van der Waals surface area contributed by atoms with E-state index in [1.165, 1.54) is 0 Å². The molecular formula is C2FN5. The highest BCUT2D eigenvalue weighted by molar-refractivity contribution is 4.95. The molecule has 0 saturated carbocycles. The van der Waals surface area contributed by atoms with E-state index >= 15 is 0 Å². The minimum absolute atomic E-state index is 1.15. The van der Waals surface area contributed by atoms with Crippen LogP contribution in [0.25, 0.3) is 0 Å². The van der Waals surface area contributed by atoms with Crippen LogP contribution < -0.4 is 0 Å². The molecule has 0 N–H and O–H groups in total. The second-order valence-electron chi connectivity index (χ2n) is 1.08. The van der Waals surface area contributed by atoms with Crippen molar-refractivity contribution in [3.63, 3.8) is 0 Å². The molecular weight excluding hydrogens is 113 g/mol. The predicted octanol–water partition coefficient (Wildman–Crippen LogP) is 0.966. The third kappa shape index (κ3) is 0.537. The van der Waals surface area contributed by atoms with Gasteiger partial charge in [0.2, 0.25) is 0 Å². The van der Waals surface area contributed by atoms with E-state index in [0.717, 1.165) is 6.07 Å². The lowest BCUT2D eigenvalue weighted by Crippen LogP contribution is -2.08. The van der Waals surface area contributed by atoms with Gasteiger partial charge in [0, 0.05) is 0 Å². The van der Waals surface area contributed by atoms with Gasteiger partial charge in [-0.1, -0.05) is 10.2 Å². The first-order chi connectivity index (χ1) is 3.77. The summed E-state index contributed by atoms with van der Waals surface area (Å²) in [4.78, 5) is 0. The van der Waals surface area contributed by atoms with Gasteiger partial charge in [-0.3, -0.25) is 0 Å². The Kier molecular flexibility index (Phi) is 0.773. The number of nitrogens with zero attached hydrogens (tertiary/aromatic N) is 5. The van der Waals surface area contributed by atoms with E-state index in [4.69, 9.17) is 5.26 Å². The summed E-state index contributed by atoms with van der Waals surface area (Å²) in [5.74, 6) is -2.54. The molecule has 0 atom stereocenters. The van der Waals surface area contributed by atoms with Crippen LogP contribution in [0.3, 0.4) is 0 Å². The summed E-state index contributed by atoms with van der Waals surface area (Å²) in [5, 5.41) is 19.0. The smallest absolute Gasteiger partial charge is 0.190 e. The van der Waals surface area contributed by atoms with E-state index in [0.29, 0.717) is 0 Å². The number of rotatable bonds is 0. The maximum absolute atomic E-state index is 12.2. The van der Waals surface area contributed by atoms with E-state index < -0.39 is 5.92 Å². The molecule has 0 aliphatic carbocycles. The molecule has 6 heteroatoms. The van der Waals surface area contributed by atoms with Gasteiger partial charge in [0.15, 0.2) is 6.07 Å². The van der Waals surface area contributed by atoms with Gasteiger partial charge >= 0.3 is 5.92 Å². The Bertz CT molecular complexity index is 175. The first kappa shape index (κ1) is 4.77. The Labute approximate surface area is 43.5 Å². The summed E-state index contributed by atoms with van der Waals surface area (Å²) in [6, 6.07) is 1.15. The predicted molar refractivity (Wildman–Crippen MR) is 19.2 cm³/mol. The summed E-state index contributed by atoms with van der Waals surface area (Å²) in [6.45, 7) is 0. The van der Waals surface area contributed by atoms with Gasteiger partial charge in [-0.2, -0.15) is 9.65 Å². The third-order valence-electron chi connectivity index (χ3n) is 0.537. The van der Waals surface area contributed by atoms with Crippen molar-refractivity contribution < 1.29 is 4.39 Å². The highest BCUT2D eigenvalue weighted by Gasteiger charge is 2.31. The van der Waals surface area contributed by atoms with E-state index in [-0.39, 0.29) is 0 Å². The van der Waals surface area contributed by atoms with Crippen LogP contribution in [0.5, 0.6) is 0 Å². The molecule has 40 valence electrons. The minimum atomic E-state index is -2.54. The maximum Gasteiger partial charge on any atom is 0.421 e. The number of alkyl halides is 1. The Morgan fingerprint density at radius 1 is 1.38 bits per heavy atom. The van der Waals surface area contributed by atoms with Crippen molar-refractivity contribution in [3.8, 4) is 6.07 Å². The molecule has 0 radical (unpaired) electrons. The lowest BCUT2D eigenvalue weighted by molar-refractivity contribution is 0.262. The fourth-order valence-electron chi connectivity index (χ4n) is 0.223. The highest BCUT2D eigenvalue weighted by atomic mass is 19.1. The van der Waals surface area contributed by atoms with Crippen molar-refractivity contribution >= 4 is 0 Å². The number of nitriles is 1. The van der Waals surface area contributed by atoms with Crippen LogP contribution in [0.2, 0.25) is 0 Å². The zero-order valence-corrected chi connectivity index (χ0v) is 3.61. The van der Waals surface area contributed by atoms with Crippen molar-refractivity contribution in [1.82, 2.24) is 0 Å². The van der Waals surface area contributed by atoms with Crippen LogP contribution >= 0.6 is 0 Å². The first-order valence-corrected chi connectivity index (χ1v) is 1.71. The van der Waals surface area contributed by atoms with Gasteiger partial charge in [0.05, 0.1) is 0 Å². The molecule has 0 spiro atoms. The van der Waals surface area contributed by atoms with Gasteiger partial charge < -0.3 is 0 Å². The zero-order valence-electron chi connectivity index (χ0n) is 3.61. The Balaban J connectivity index is 2.89. The van der Waals surface area contributed by atoms with E-state index in [2.05, 4.69) is 20.7 Å². The van der Waals surface area contributed by atoms with Gasteiger partial charge in [0.25, 0.3) is 0 Å². The van der Waals surface area contributed by atoms with E-state index in [9.17, 15) is 4.39 Å². The number of hydrogen-bond donors (Lipinski definition) is 0. The van der Waals surface area contributed by atoms with Crippen LogP contribution in [0.1, 0.15) is 0 Å². The molecule has 1 rings (SSSR count). The molecule has 0 unspecified atom stereocenters. The molecule has 0 aromatic heterocycles. The molecule has 0 fully saturated rings. The number of hydrogen-bond acceptors (Lipinski definition) is 5. The molecule has 0 bridgehead atoms. The summed E-state index contributed by atoms with van der Waals surface area (Å²) < 4.78 is 12.2. The molecule has 0 saturated heterocycles. The Morgan fingerprint density at radius 3 is 2.12 bits per heavy atom. The summed E-state index contributed by atoms with van der Waals surface area (Å²) in [5.41, 5.74) is 0. The van der Waals surface area contributed by atoms with Crippen LogP contribution in [0.4, 0.5) is 4.39 Å². The normalized spacial score (nSPS) is 21.0. The highest BCUT2D eigenvalue weighted by Crippen LogP contribution is 2.19. The van der Waals surface area contributed by atoms with E-state index in [1.807, 2.05) is 0 Å². The molecule has 0 amide bonds. The molecule has 1 aliphatic heterocycles. The quantitative estimate of drug-likeness (QED) is 0.431. The van der Waals surface area contributed by atoms with Crippen LogP contribution in [0, 0.1) is 11.3 Å². The Morgan fingerprint density at radius 2 is 1.88 bits per heavy atom. The van der Waals surface area contributed by atoms with Crippen molar-refractivity contribution in [2.75, 3.05) is 0 Å². The molecule has 1 aliphatic rings. The van der Waals surface area contributed by atoms with Crippen molar-refractivity contribution in [1.29, 1.82) is 5.26 Å². The average Bonchev–Trinajstić information content (AvgIpc) is 2.17. The first-order valence-electron chi connectivity index (χ1n) is 1.71. The molecule has 0 aromatic carbocycles. The lowest BCUT2D eigenvalue weighted by Gasteiger charge is -1.90. The van der Waals surface area contributed by atoms with Gasteiger partial charge in [-0.05, 0) is 10.4 Å². The Hall–Kier alpha value is -1.38. The zero-order chi connectivity index (χ0) is 6.04. The van der Waals surface area contributed by atoms with Crippen molar-refractivity contribution in [3.05, 3.63) is 0 Å². The fraction of sp³-hybridized carbons (Fsp3) is 0.500. The maximum atomic E-state index is 12.2. The summed E-state index contributed by atoms with van der Waals surface area (Å²) in [6.07, 6.45) is 0. The lowest BCUT2D eigenvalue weighted by atomic mass is 10.6. The molecule has 0 aromatic rings. The molecule has 5 nitrogen and oxygen atoms in total. The topological polar surface area (TPSA) is 73.2 Å². The largest absolute Gasteiger partial charge is 0.421 e. The number of halogens is 1. The summed E-state index contributed by atoms with van der Waals surface area (Å²) >= 11 is 0. The second kappa shape index (κ2) is 1.30. The van der Waals surface area contributed by atoms with Gasteiger partial charge in [-0.25, -0.2) is 0 Å². The third-order valence-corrected chi connectivity index (χ3v) is 0.537. The van der Waals surface area contributed by atoms with Crippen molar-refractivity contribution in [2.45, 2.75) is 5.92 Å². The molecule has 1 heterocycles.